The summed E-state index contributed by atoms with van der Waals surface area (Å²) in [5, 5.41) is 3.49. The maximum atomic E-state index is 12.4. The Morgan fingerprint density at radius 3 is 2.86 bits per heavy atom. The monoisotopic (exact) mass is 304 g/mol. The highest BCUT2D eigenvalue weighted by molar-refractivity contribution is 7.16. The predicted octanol–water partition coefficient (Wildman–Crippen LogP) is 2.90. The summed E-state index contributed by atoms with van der Waals surface area (Å²) >= 11 is 1.55. The van der Waals surface area contributed by atoms with E-state index in [1.54, 1.807) is 36.6 Å². The molecule has 1 amide bonds. The molecule has 0 saturated carbocycles. The fraction of sp³-hybridized carbons (Fsp3) is 0.333. The quantitative estimate of drug-likeness (QED) is 0.943. The van der Waals surface area contributed by atoms with Gasteiger partial charge in [0.25, 0.3) is 5.91 Å². The number of fused-ring (bicyclic) bond motifs is 1. The Labute approximate surface area is 126 Å². The molecule has 1 aromatic carbocycles. The number of hydrogen-bond donors (Lipinski definition) is 1. The molecule has 3 rings (SSSR count). The minimum Gasteiger partial charge on any atom is -0.497 e. The predicted molar refractivity (Wildman–Crippen MR) is 81.6 cm³/mol. The number of benzene rings is 1. The van der Waals surface area contributed by atoms with Crippen molar-refractivity contribution in [2.45, 2.75) is 19.3 Å². The average Bonchev–Trinajstić information content (AvgIpc) is 3.07. The average molecular weight is 304 g/mol. The van der Waals surface area contributed by atoms with Crippen molar-refractivity contribution >= 4 is 22.4 Å². The van der Waals surface area contributed by atoms with Crippen LogP contribution in [0.4, 0.5) is 5.13 Å². The molecule has 0 fully saturated rings. The highest BCUT2D eigenvalue weighted by atomic mass is 32.1. The third kappa shape index (κ3) is 2.71. The maximum Gasteiger partial charge on any atom is 0.261 e. The first-order chi connectivity index (χ1) is 10.2. The van der Waals surface area contributed by atoms with Gasteiger partial charge in [-0.25, -0.2) is 4.98 Å². The van der Waals surface area contributed by atoms with Gasteiger partial charge in [0.1, 0.15) is 11.5 Å². The first kappa shape index (κ1) is 13.9. The topological polar surface area (TPSA) is 60.5 Å². The minimum absolute atomic E-state index is 0.238. The van der Waals surface area contributed by atoms with Crippen LogP contribution in [0, 0.1) is 0 Å². The molecular formula is C15H16N2O3S. The summed E-state index contributed by atoms with van der Waals surface area (Å²) in [5.41, 5.74) is 1.56. The summed E-state index contributed by atoms with van der Waals surface area (Å²) < 4.78 is 10.4. The van der Waals surface area contributed by atoms with E-state index < -0.39 is 0 Å². The summed E-state index contributed by atoms with van der Waals surface area (Å²) in [7, 11) is 3.10. The maximum absolute atomic E-state index is 12.4. The number of aryl methyl sites for hydroxylation is 2. The number of anilines is 1. The lowest BCUT2D eigenvalue weighted by atomic mass is 10.1. The van der Waals surface area contributed by atoms with E-state index in [1.807, 2.05) is 0 Å². The Kier molecular flexibility index (Phi) is 3.79. The van der Waals surface area contributed by atoms with E-state index in [9.17, 15) is 4.79 Å². The molecule has 1 N–H and O–H groups in total. The van der Waals surface area contributed by atoms with Crippen LogP contribution in [0.15, 0.2) is 18.2 Å². The van der Waals surface area contributed by atoms with Crippen molar-refractivity contribution in [3.63, 3.8) is 0 Å². The van der Waals surface area contributed by atoms with E-state index in [1.165, 1.54) is 12.0 Å². The first-order valence-corrected chi connectivity index (χ1v) is 7.55. The first-order valence-electron chi connectivity index (χ1n) is 6.73. The number of carbonyl (C=O) groups is 1. The van der Waals surface area contributed by atoms with Crippen LogP contribution in [0.25, 0.3) is 0 Å². The fourth-order valence-corrected chi connectivity index (χ4v) is 3.44. The van der Waals surface area contributed by atoms with E-state index >= 15 is 0 Å². The Balaban J connectivity index is 1.83. The van der Waals surface area contributed by atoms with Crippen molar-refractivity contribution < 1.29 is 14.3 Å². The largest absolute Gasteiger partial charge is 0.497 e. The van der Waals surface area contributed by atoms with Crippen molar-refractivity contribution in [3.8, 4) is 11.5 Å². The van der Waals surface area contributed by atoms with Crippen LogP contribution in [-0.2, 0) is 12.8 Å². The van der Waals surface area contributed by atoms with Gasteiger partial charge in [0.15, 0.2) is 5.13 Å². The highest BCUT2D eigenvalue weighted by Gasteiger charge is 2.19. The number of rotatable bonds is 4. The smallest absolute Gasteiger partial charge is 0.261 e. The summed E-state index contributed by atoms with van der Waals surface area (Å²) in [4.78, 5) is 18.2. The zero-order valence-electron chi connectivity index (χ0n) is 11.9. The Morgan fingerprint density at radius 2 is 2.14 bits per heavy atom. The molecule has 0 bridgehead atoms. The molecule has 2 aromatic rings. The van der Waals surface area contributed by atoms with Gasteiger partial charge in [0.05, 0.1) is 25.5 Å². The molecule has 21 heavy (non-hydrogen) atoms. The molecule has 1 aliphatic rings. The Morgan fingerprint density at radius 1 is 1.29 bits per heavy atom. The van der Waals surface area contributed by atoms with Crippen molar-refractivity contribution in [1.82, 2.24) is 4.98 Å². The molecule has 0 spiro atoms. The summed E-state index contributed by atoms with van der Waals surface area (Å²) in [5.74, 6) is 0.887. The number of thiazole rings is 1. The number of nitrogens with zero attached hydrogens (tertiary/aromatic N) is 1. The van der Waals surface area contributed by atoms with E-state index in [2.05, 4.69) is 10.3 Å². The van der Waals surface area contributed by atoms with Gasteiger partial charge in [-0.2, -0.15) is 0 Å². The lowest BCUT2D eigenvalue weighted by Crippen LogP contribution is -2.13. The van der Waals surface area contributed by atoms with Gasteiger partial charge in [-0.05, 0) is 37.5 Å². The third-order valence-electron chi connectivity index (χ3n) is 3.47. The Hall–Kier alpha value is -2.08. The number of hydrogen-bond acceptors (Lipinski definition) is 5. The van der Waals surface area contributed by atoms with Gasteiger partial charge < -0.3 is 9.47 Å². The summed E-state index contributed by atoms with van der Waals surface area (Å²) in [6.07, 6.45) is 3.22. The van der Waals surface area contributed by atoms with Crippen molar-refractivity contribution in [2.24, 2.45) is 0 Å². The van der Waals surface area contributed by atoms with Gasteiger partial charge in [-0.1, -0.05) is 0 Å². The number of nitrogens with one attached hydrogen (secondary N) is 1. The molecule has 0 atom stereocenters. The molecule has 5 nitrogen and oxygen atoms in total. The molecule has 0 saturated heterocycles. The van der Waals surface area contributed by atoms with E-state index in [4.69, 9.17) is 9.47 Å². The second kappa shape index (κ2) is 5.73. The molecular weight excluding hydrogens is 288 g/mol. The number of aromatic nitrogens is 1. The van der Waals surface area contributed by atoms with Gasteiger partial charge in [0.2, 0.25) is 0 Å². The van der Waals surface area contributed by atoms with Crippen molar-refractivity contribution in [3.05, 3.63) is 34.3 Å². The number of ether oxygens (including phenoxy) is 2. The van der Waals surface area contributed by atoms with Crippen LogP contribution in [-0.4, -0.2) is 25.1 Å². The number of methoxy groups -OCH3 is 2. The fourth-order valence-electron chi connectivity index (χ4n) is 2.40. The van der Waals surface area contributed by atoms with Crippen LogP contribution in [0.5, 0.6) is 11.5 Å². The lowest BCUT2D eigenvalue weighted by molar-refractivity contribution is 0.102. The lowest BCUT2D eigenvalue weighted by Gasteiger charge is -2.09. The molecule has 110 valence electrons. The van der Waals surface area contributed by atoms with Crippen LogP contribution in [0.1, 0.15) is 27.3 Å². The van der Waals surface area contributed by atoms with Gasteiger partial charge in [-0.15, -0.1) is 11.3 Å². The SMILES string of the molecule is COc1ccc(OC)c(C(=O)Nc2nc3c(s2)CCC3)c1. The third-order valence-corrected chi connectivity index (χ3v) is 4.54. The van der Waals surface area contributed by atoms with Crippen LogP contribution < -0.4 is 14.8 Å². The number of amides is 1. The van der Waals surface area contributed by atoms with E-state index in [-0.39, 0.29) is 5.91 Å². The standard InChI is InChI=1S/C15H16N2O3S/c1-19-9-6-7-12(20-2)10(8-9)14(18)17-15-16-11-4-3-5-13(11)21-15/h6-8H,3-5H2,1-2H3,(H,16,17,18). The molecule has 1 aromatic heterocycles. The van der Waals surface area contributed by atoms with Crippen LogP contribution in [0.2, 0.25) is 0 Å². The second-order valence-corrected chi connectivity index (χ2v) is 5.85. The number of carbonyl (C=O) groups excluding carboxylic acids is 1. The summed E-state index contributed by atoms with van der Waals surface area (Å²) in [6.45, 7) is 0. The zero-order valence-corrected chi connectivity index (χ0v) is 12.8. The van der Waals surface area contributed by atoms with E-state index in [0.29, 0.717) is 22.2 Å². The molecule has 1 heterocycles. The minimum atomic E-state index is -0.238. The Bertz CT molecular complexity index is 660. The van der Waals surface area contributed by atoms with Crippen LogP contribution in [0.3, 0.4) is 0 Å². The molecule has 1 aliphatic carbocycles. The van der Waals surface area contributed by atoms with E-state index in [0.717, 1.165) is 25.0 Å². The normalized spacial score (nSPS) is 12.9. The van der Waals surface area contributed by atoms with Crippen LogP contribution >= 0.6 is 11.3 Å². The van der Waals surface area contributed by atoms with Gasteiger partial charge >= 0.3 is 0 Å². The molecule has 6 heteroatoms. The molecule has 0 radical (unpaired) electrons. The van der Waals surface area contributed by atoms with Gasteiger partial charge in [-0.3, -0.25) is 10.1 Å². The van der Waals surface area contributed by atoms with Gasteiger partial charge in [0, 0.05) is 4.88 Å². The molecule has 0 aliphatic heterocycles. The highest BCUT2D eigenvalue weighted by Crippen LogP contribution is 2.31. The van der Waals surface area contributed by atoms with Crippen molar-refractivity contribution in [1.29, 1.82) is 0 Å². The zero-order chi connectivity index (χ0) is 14.8. The summed E-state index contributed by atoms with van der Waals surface area (Å²) in [6, 6.07) is 5.14. The second-order valence-electron chi connectivity index (χ2n) is 4.76. The molecule has 0 unspecified atom stereocenters. The van der Waals surface area contributed by atoms with Crippen molar-refractivity contribution in [2.75, 3.05) is 19.5 Å².